The predicted molar refractivity (Wildman–Crippen MR) is 142 cm³/mol. The van der Waals surface area contributed by atoms with E-state index in [0.717, 1.165) is 57.6 Å². The highest BCUT2D eigenvalue weighted by molar-refractivity contribution is 14.0. The Labute approximate surface area is 206 Å². The van der Waals surface area contributed by atoms with Crippen molar-refractivity contribution in [2.75, 3.05) is 64.3 Å². The Bertz CT molecular complexity index is 663. The molecule has 1 aromatic heterocycles. The van der Waals surface area contributed by atoms with Gasteiger partial charge in [-0.15, -0.1) is 24.0 Å². The van der Waals surface area contributed by atoms with Gasteiger partial charge in [0.15, 0.2) is 5.96 Å². The molecule has 2 N–H and O–H groups in total. The summed E-state index contributed by atoms with van der Waals surface area (Å²) in [5.41, 5.74) is 1.30. The molecule has 176 valence electrons. The van der Waals surface area contributed by atoms with Crippen molar-refractivity contribution in [3.8, 4) is 0 Å². The van der Waals surface area contributed by atoms with Crippen LogP contribution in [-0.4, -0.2) is 85.7 Å². The lowest BCUT2D eigenvalue weighted by molar-refractivity contribution is 0.0982. The third-order valence-electron chi connectivity index (χ3n) is 6.54. The van der Waals surface area contributed by atoms with Crippen LogP contribution >= 0.6 is 24.0 Å². The minimum atomic E-state index is 0. The maximum absolute atomic E-state index is 4.70. The second-order valence-electron chi connectivity index (χ2n) is 9.09. The van der Waals surface area contributed by atoms with Gasteiger partial charge in [-0.05, 0) is 58.0 Å². The number of halogens is 1. The molecule has 8 heteroatoms. The van der Waals surface area contributed by atoms with Gasteiger partial charge in [-0.2, -0.15) is 0 Å². The van der Waals surface area contributed by atoms with E-state index in [9.17, 15) is 0 Å². The van der Waals surface area contributed by atoms with Crippen LogP contribution in [0.4, 0.5) is 5.82 Å². The molecule has 0 unspecified atom stereocenters. The predicted octanol–water partition coefficient (Wildman–Crippen LogP) is 2.77. The van der Waals surface area contributed by atoms with Gasteiger partial charge in [0.05, 0.1) is 0 Å². The summed E-state index contributed by atoms with van der Waals surface area (Å²) < 4.78 is 0. The van der Waals surface area contributed by atoms with Gasteiger partial charge < -0.3 is 20.4 Å². The van der Waals surface area contributed by atoms with Crippen molar-refractivity contribution in [2.45, 2.75) is 52.1 Å². The van der Waals surface area contributed by atoms with Crippen LogP contribution in [-0.2, 0) is 6.54 Å². The Morgan fingerprint density at radius 1 is 1.03 bits per heavy atom. The largest absolute Gasteiger partial charge is 0.355 e. The second kappa shape index (κ2) is 12.8. The maximum Gasteiger partial charge on any atom is 0.191 e. The third kappa shape index (κ3) is 7.75. The molecular formula is C23H42IN7. The lowest BCUT2D eigenvalue weighted by Gasteiger charge is -2.41. The number of hydrogen-bond acceptors (Lipinski definition) is 5. The molecule has 0 radical (unpaired) electrons. The number of likely N-dealkylation sites (tertiary alicyclic amines) is 1. The minimum Gasteiger partial charge on any atom is -0.355 e. The number of piperazine rings is 1. The molecule has 2 aliphatic heterocycles. The topological polar surface area (TPSA) is 59.0 Å². The van der Waals surface area contributed by atoms with E-state index in [0.29, 0.717) is 0 Å². The number of piperidine rings is 1. The summed E-state index contributed by atoms with van der Waals surface area (Å²) in [6, 6.07) is 4.32. The Morgan fingerprint density at radius 3 is 2.32 bits per heavy atom. The molecule has 2 saturated heterocycles. The number of anilines is 1. The van der Waals surface area contributed by atoms with Crippen LogP contribution in [0.5, 0.6) is 0 Å². The molecule has 0 aromatic carbocycles. The van der Waals surface area contributed by atoms with E-state index in [-0.39, 0.29) is 29.5 Å². The van der Waals surface area contributed by atoms with Crippen molar-refractivity contribution >= 4 is 35.8 Å². The van der Waals surface area contributed by atoms with E-state index in [1.54, 1.807) is 0 Å². The van der Waals surface area contributed by atoms with Crippen molar-refractivity contribution in [1.82, 2.24) is 25.4 Å². The molecule has 0 bridgehead atoms. The Hall–Kier alpha value is -1.13. The fourth-order valence-corrected chi connectivity index (χ4v) is 4.32. The lowest BCUT2D eigenvalue weighted by Crippen LogP contribution is -2.54. The van der Waals surface area contributed by atoms with Crippen LogP contribution in [0.3, 0.4) is 0 Å². The molecule has 2 aliphatic rings. The van der Waals surface area contributed by atoms with Gasteiger partial charge in [0.2, 0.25) is 0 Å². The summed E-state index contributed by atoms with van der Waals surface area (Å²) in [4.78, 5) is 16.6. The van der Waals surface area contributed by atoms with Gasteiger partial charge in [-0.3, -0.25) is 9.89 Å². The molecule has 7 nitrogen and oxygen atoms in total. The Morgan fingerprint density at radius 2 is 1.74 bits per heavy atom. The van der Waals surface area contributed by atoms with Crippen LogP contribution < -0.4 is 15.5 Å². The molecule has 0 amide bonds. The zero-order valence-electron chi connectivity index (χ0n) is 19.9. The minimum absolute atomic E-state index is 0. The van der Waals surface area contributed by atoms with Crippen molar-refractivity contribution < 1.29 is 0 Å². The molecule has 0 saturated carbocycles. The molecule has 1 aromatic rings. The first-order valence-corrected chi connectivity index (χ1v) is 11.6. The number of likely N-dealkylation sites (N-methyl/N-ethyl adjacent to an activating group) is 1. The fourth-order valence-electron chi connectivity index (χ4n) is 4.32. The van der Waals surface area contributed by atoms with E-state index < -0.39 is 0 Å². The maximum atomic E-state index is 4.70. The second-order valence-corrected chi connectivity index (χ2v) is 9.09. The smallest absolute Gasteiger partial charge is 0.191 e. The molecule has 2 fully saturated rings. The van der Waals surface area contributed by atoms with E-state index >= 15 is 0 Å². The SMILES string of the molecule is CCN1CCN(c2ccc(CNC(=NC)NCC(C)(C)N3CCCCC3)cn2)CC1.I. The highest BCUT2D eigenvalue weighted by Crippen LogP contribution is 2.19. The van der Waals surface area contributed by atoms with Crippen LogP contribution in [0.2, 0.25) is 0 Å². The first kappa shape index (κ1) is 26.1. The fraction of sp³-hybridized carbons (Fsp3) is 0.739. The standard InChI is InChI=1S/C23H41N7.HI/c1-5-28-13-15-29(16-14-28)21-10-9-20(17-25-21)18-26-22(24-4)27-19-23(2,3)30-11-7-6-8-12-30;/h9-10,17H,5-8,11-16,18-19H2,1-4H3,(H2,24,26,27);1H. The van der Waals surface area contributed by atoms with Crippen molar-refractivity contribution in [3.63, 3.8) is 0 Å². The first-order valence-electron chi connectivity index (χ1n) is 11.6. The monoisotopic (exact) mass is 543 g/mol. The summed E-state index contributed by atoms with van der Waals surface area (Å²) >= 11 is 0. The highest BCUT2D eigenvalue weighted by Gasteiger charge is 2.27. The van der Waals surface area contributed by atoms with Crippen molar-refractivity contribution in [2.24, 2.45) is 4.99 Å². The van der Waals surface area contributed by atoms with Gasteiger partial charge in [0.1, 0.15) is 5.82 Å². The van der Waals surface area contributed by atoms with Crippen molar-refractivity contribution in [1.29, 1.82) is 0 Å². The molecule has 0 aliphatic carbocycles. The molecule has 31 heavy (non-hydrogen) atoms. The summed E-state index contributed by atoms with van der Waals surface area (Å²) in [5, 5.41) is 6.95. The number of nitrogens with one attached hydrogen (secondary N) is 2. The van der Waals surface area contributed by atoms with E-state index in [2.05, 4.69) is 63.2 Å². The highest BCUT2D eigenvalue weighted by atomic mass is 127. The van der Waals surface area contributed by atoms with Crippen LogP contribution in [0.1, 0.15) is 45.6 Å². The van der Waals surface area contributed by atoms with Gasteiger partial charge >= 0.3 is 0 Å². The average Bonchev–Trinajstić information content (AvgIpc) is 2.80. The zero-order valence-corrected chi connectivity index (χ0v) is 22.2. The quantitative estimate of drug-likeness (QED) is 0.314. The Balaban J connectivity index is 0.00000341. The summed E-state index contributed by atoms with van der Waals surface area (Å²) in [6.07, 6.45) is 5.98. The Kier molecular flexibility index (Phi) is 10.8. The number of pyridine rings is 1. The van der Waals surface area contributed by atoms with E-state index in [1.165, 1.54) is 37.9 Å². The number of aliphatic imine (C=N–C) groups is 1. The summed E-state index contributed by atoms with van der Waals surface area (Å²) in [5.74, 6) is 1.93. The number of nitrogens with zero attached hydrogens (tertiary/aromatic N) is 5. The van der Waals surface area contributed by atoms with Crippen molar-refractivity contribution in [3.05, 3.63) is 23.9 Å². The molecule has 0 spiro atoms. The van der Waals surface area contributed by atoms with Gasteiger partial charge in [0, 0.05) is 58.1 Å². The number of hydrogen-bond donors (Lipinski definition) is 2. The van der Waals surface area contributed by atoms with Gasteiger partial charge in [-0.1, -0.05) is 19.4 Å². The molecule has 3 heterocycles. The van der Waals surface area contributed by atoms with E-state index in [4.69, 9.17) is 4.98 Å². The third-order valence-corrected chi connectivity index (χ3v) is 6.54. The lowest BCUT2D eigenvalue weighted by atomic mass is 9.98. The number of guanidine groups is 1. The van der Waals surface area contributed by atoms with Crippen LogP contribution in [0.25, 0.3) is 0 Å². The zero-order chi connectivity index (χ0) is 21.4. The van der Waals surface area contributed by atoms with Crippen LogP contribution in [0.15, 0.2) is 23.3 Å². The summed E-state index contributed by atoms with van der Waals surface area (Å²) in [7, 11) is 1.83. The van der Waals surface area contributed by atoms with Crippen LogP contribution in [0, 0.1) is 0 Å². The number of aromatic nitrogens is 1. The first-order chi connectivity index (χ1) is 14.5. The molecule has 0 atom stereocenters. The molecule has 3 rings (SSSR count). The molecular weight excluding hydrogens is 501 g/mol. The normalized spacial score (nSPS) is 19.1. The van der Waals surface area contributed by atoms with Gasteiger partial charge in [0.25, 0.3) is 0 Å². The van der Waals surface area contributed by atoms with Gasteiger partial charge in [-0.25, -0.2) is 4.98 Å². The average molecular weight is 544 g/mol. The van der Waals surface area contributed by atoms with E-state index in [1.807, 2.05) is 13.2 Å². The summed E-state index contributed by atoms with van der Waals surface area (Å²) in [6.45, 7) is 16.4. The number of rotatable bonds is 7.